The summed E-state index contributed by atoms with van der Waals surface area (Å²) >= 11 is 0. The van der Waals surface area contributed by atoms with Crippen molar-refractivity contribution in [3.05, 3.63) is 33.9 Å². The number of nitrogens with one attached hydrogen (secondary N) is 1. The minimum Gasteiger partial charge on any atom is -0.469 e. The van der Waals surface area contributed by atoms with Crippen LogP contribution in [0.25, 0.3) is 0 Å². The molecule has 2 rings (SSSR count). The largest absolute Gasteiger partial charge is 0.469 e. The van der Waals surface area contributed by atoms with Gasteiger partial charge in [0.15, 0.2) is 0 Å². The normalized spacial score (nSPS) is 15.6. The Labute approximate surface area is 146 Å². The third kappa shape index (κ3) is 4.99. The Morgan fingerprint density at radius 1 is 1.36 bits per heavy atom. The average molecular weight is 349 g/mol. The van der Waals surface area contributed by atoms with E-state index in [1.807, 2.05) is 0 Å². The number of methoxy groups -OCH3 is 1. The molecule has 136 valence electrons. The molecule has 1 heterocycles. The number of rotatable bonds is 6. The van der Waals surface area contributed by atoms with Crippen molar-refractivity contribution in [2.45, 2.75) is 26.2 Å². The van der Waals surface area contributed by atoms with E-state index < -0.39 is 4.92 Å². The molecule has 0 spiro atoms. The SMILES string of the molecule is COC(=O)C1CCN(CCC(=O)Nc2cccc([N+](=O)[O-])c2C)CC1. The van der Waals surface area contributed by atoms with Crippen molar-refractivity contribution in [2.75, 3.05) is 32.1 Å². The number of hydrogen-bond acceptors (Lipinski definition) is 6. The first-order chi connectivity index (χ1) is 11.9. The standard InChI is InChI=1S/C17H23N3O5/c1-12-14(4-3-5-15(12)20(23)24)18-16(21)8-11-19-9-6-13(7-10-19)17(22)25-2/h3-5,13H,6-11H2,1-2H3,(H,18,21). The molecule has 1 aromatic rings. The van der Waals surface area contributed by atoms with Crippen molar-refractivity contribution in [1.82, 2.24) is 4.90 Å². The number of anilines is 1. The van der Waals surface area contributed by atoms with Crippen molar-refractivity contribution in [2.24, 2.45) is 5.92 Å². The summed E-state index contributed by atoms with van der Waals surface area (Å²) < 4.78 is 4.76. The van der Waals surface area contributed by atoms with E-state index in [0.29, 0.717) is 24.2 Å². The molecule has 0 bridgehead atoms. The molecule has 0 radical (unpaired) electrons. The molecule has 1 aliphatic heterocycles. The quantitative estimate of drug-likeness (QED) is 0.479. The third-order valence-corrected chi connectivity index (χ3v) is 4.55. The molecule has 0 aliphatic carbocycles. The summed E-state index contributed by atoms with van der Waals surface area (Å²) in [6.45, 7) is 3.71. The van der Waals surface area contributed by atoms with E-state index in [1.165, 1.54) is 13.2 Å². The smallest absolute Gasteiger partial charge is 0.308 e. The highest BCUT2D eigenvalue weighted by Gasteiger charge is 2.25. The van der Waals surface area contributed by atoms with Gasteiger partial charge in [0, 0.05) is 19.0 Å². The summed E-state index contributed by atoms with van der Waals surface area (Å²) in [4.78, 5) is 36.2. The topological polar surface area (TPSA) is 102 Å². The molecule has 0 unspecified atom stereocenters. The molecule has 0 saturated carbocycles. The number of esters is 1. The Bertz CT molecular complexity index is 654. The predicted octanol–water partition coefficient (Wildman–Crippen LogP) is 2.12. The Balaban J connectivity index is 1.81. The van der Waals surface area contributed by atoms with E-state index in [0.717, 1.165) is 25.9 Å². The fraction of sp³-hybridized carbons (Fsp3) is 0.529. The van der Waals surface area contributed by atoms with Gasteiger partial charge in [-0.3, -0.25) is 19.7 Å². The van der Waals surface area contributed by atoms with E-state index in [-0.39, 0.29) is 23.5 Å². The molecular weight excluding hydrogens is 326 g/mol. The van der Waals surface area contributed by atoms with E-state index >= 15 is 0 Å². The number of likely N-dealkylation sites (tertiary alicyclic amines) is 1. The molecule has 1 N–H and O–H groups in total. The first-order valence-corrected chi connectivity index (χ1v) is 8.26. The molecule has 8 nitrogen and oxygen atoms in total. The lowest BCUT2D eigenvalue weighted by Crippen LogP contribution is -2.38. The predicted molar refractivity (Wildman–Crippen MR) is 92.3 cm³/mol. The molecule has 0 atom stereocenters. The number of nitrogens with zero attached hydrogens (tertiary/aromatic N) is 2. The summed E-state index contributed by atoms with van der Waals surface area (Å²) in [7, 11) is 1.40. The zero-order chi connectivity index (χ0) is 18.4. The van der Waals surface area contributed by atoms with Crippen LogP contribution < -0.4 is 5.32 Å². The summed E-state index contributed by atoms with van der Waals surface area (Å²) in [6.07, 6.45) is 1.77. The molecule has 1 amide bonds. The van der Waals surface area contributed by atoms with Gasteiger partial charge in [0.05, 0.1) is 29.2 Å². The van der Waals surface area contributed by atoms with E-state index in [9.17, 15) is 19.7 Å². The van der Waals surface area contributed by atoms with E-state index in [4.69, 9.17) is 4.74 Å². The molecule has 1 aromatic carbocycles. The number of carbonyl (C=O) groups is 2. The highest BCUT2D eigenvalue weighted by molar-refractivity contribution is 5.92. The lowest BCUT2D eigenvalue weighted by Gasteiger charge is -2.30. The lowest BCUT2D eigenvalue weighted by atomic mass is 9.97. The average Bonchev–Trinajstić information content (AvgIpc) is 2.61. The van der Waals surface area contributed by atoms with Crippen molar-refractivity contribution in [3.8, 4) is 0 Å². The van der Waals surface area contributed by atoms with Gasteiger partial charge >= 0.3 is 5.97 Å². The van der Waals surface area contributed by atoms with Gasteiger partial charge in [0.25, 0.3) is 5.69 Å². The Morgan fingerprint density at radius 3 is 2.64 bits per heavy atom. The lowest BCUT2D eigenvalue weighted by molar-refractivity contribution is -0.385. The first kappa shape index (κ1) is 18.9. The maximum atomic E-state index is 12.1. The second-order valence-corrected chi connectivity index (χ2v) is 6.14. The minimum absolute atomic E-state index is 0.0114. The number of hydrogen-bond donors (Lipinski definition) is 1. The zero-order valence-corrected chi connectivity index (χ0v) is 14.5. The number of benzene rings is 1. The maximum absolute atomic E-state index is 12.1. The molecule has 1 saturated heterocycles. The van der Waals surface area contributed by atoms with E-state index in [1.54, 1.807) is 19.1 Å². The zero-order valence-electron chi connectivity index (χ0n) is 14.5. The summed E-state index contributed by atoms with van der Waals surface area (Å²) in [5.41, 5.74) is 0.894. The third-order valence-electron chi connectivity index (χ3n) is 4.55. The minimum atomic E-state index is -0.462. The van der Waals surface area contributed by atoms with Gasteiger partial charge in [-0.2, -0.15) is 0 Å². The van der Waals surface area contributed by atoms with Crippen molar-refractivity contribution in [3.63, 3.8) is 0 Å². The number of ether oxygens (including phenoxy) is 1. The molecule has 1 aliphatic rings. The van der Waals surface area contributed by atoms with Gasteiger partial charge < -0.3 is 15.0 Å². The molecule has 25 heavy (non-hydrogen) atoms. The maximum Gasteiger partial charge on any atom is 0.308 e. The first-order valence-electron chi connectivity index (χ1n) is 8.26. The van der Waals surface area contributed by atoms with Crippen LogP contribution in [-0.4, -0.2) is 48.4 Å². The Kier molecular flexibility index (Phi) is 6.46. The van der Waals surface area contributed by atoms with Crippen molar-refractivity contribution >= 4 is 23.3 Å². The number of nitro benzene ring substituents is 1. The highest BCUT2D eigenvalue weighted by atomic mass is 16.6. The Hall–Kier alpha value is -2.48. The fourth-order valence-corrected chi connectivity index (χ4v) is 2.99. The number of amides is 1. The van der Waals surface area contributed by atoms with Crippen LogP contribution in [0, 0.1) is 23.0 Å². The molecule has 8 heteroatoms. The van der Waals surface area contributed by atoms with E-state index in [2.05, 4.69) is 10.2 Å². The van der Waals surface area contributed by atoms with Crippen LogP contribution >= 0.6 is 0 Å². The van der Waals surface area contributed by atoms with Crippen LogP contribution in [0.5, 0.6) is 0 Å². The van der Waals surface area contributed by atoms with Crippen LogP contribution in [0.2, 0.25) is 0 Å². The van der Waals surface area contributed by atoms with Crippen LogP contribution in [0.1, 0.15) is 24.8 Å². The van der Waals surface area contributed by atoms with Crippen LogP contribution in [0.15, 0.2) is 18.2 Å². The summed E-state index contributed by atoms with van der Waals surface area (Å²) in [5, 5.41) is 13.7. The molecule has 1 fully saturated rings. The van der Waals surface area contributed by atoms with Crippen LogP contribution in [0.4, 0.5) is 11.4 Å². The van der Waals surface area contributed by atoms with Crippen LogP contribution in [-0.2, 0) is 14.3 Å². The molecule has 0 aromatic heterocycles. The van der Waals surface area contributed by atoms with Gasteiger partial charge in [-0.25, -0.2) is 0 Å². The van der Waals surface area contributed by atoms with Crippen LogP contribution in [0.3, 0.4) is 0 Å². The fourth-order valence-electron chi connectivity index (χ4n) is 2.99. The number of piperidine rings is 1. The number of nitro groups is 1. The van der Waals surface area contributed by atoms with Gasteiger partial charge in [0.1, 0.15) is 0 Å². The molecular formula is C17H23N3O5. The Morgan fingerprint density at radius 2 is 2.04 bits per heavy atom. The van der Waals surface area contributed by atoms with Crippen molar-refractivity contribution < 1.29 is 19.2 Å². The monoisotopic (exact) mass is 349 g/mol. The van der Waals surface area contributed by atoms with Gasteiger partial charge in [-0.1, -0.05) is 6.07 Å². The van der Waals surface area contributed by atoms with Crippen molar-refractivity contribution in [1.29, 1.82) is 0 Å². The second kappa shape index (κ2) is 8.57. The van der Waals surface area contributed by atoms with Gasteiger partial charge in [-0.15, -0.1) is 0 Å². The number of carbonyl (C=O) groups excluding carboxylic acids is 2. The van der Waals surface area contributed by atoms with Gasteiger partial charge in [-0.05, 0) is 38.9 Å². The highest BCUT2D eigenvalue weighted by Crippen LogP contribution is 2.25. The van der Waals surface area contributed by atoms with Gasteiger partial charge in [0.2, 0.25) is 5.91 Å². The summed E-state index contributed by atoms with van der Waals surface area (Å²) in [5.74, 6) is -0.403. The second-order valence-electron chi connectivity index (χ2n) is 6.14. The summed E-state index contributed by atoms with van der Waals surface area (Å²) in [6, 6.07) is 4.62.